The molecular weight excluding hydrogens is 423 g/mol. The van der Waals surface area contributed by atoms with Crippen molar-refractivity contribution in [3.8, 4) is 11.3 Å². The molecule has 9 heteroatoms. The molecule has 5 rings (SSSR count). The fourth-order valence-corrected chi connectivity index (χ4v) is 4.83. The summed E-state index contributed by atoms with van der Waals surface area (Å²) in [6, 6.07) is 8.01. The topological polar surface area (TPSA) is 102 Å². The Hall–Kier alpha value is -2.90. The highest BCUT2D eigenvalue weighted by Gasteiger charge is 2.30. The van der Waals surface area contributed by atoms with Crippen LogP contribution in [0.5, 0.6) is 0 Å². The van der Waals surface area contributed by atoms with E-state index in [0.29, 0.717) is 39.0 Å². The second kappa shape index (κ2) is 7.41. The first-order valence-electron chi connectivity index (χ1n) is 9.63. The summed E-state index contributed by atoms with van der Waals surface area (Å²) in [6.45, 7) is 0. The Labute approximate surface area is 182 Å². The highest BCUT2D eigenvalue weighted by molar-refractivity contribution is 6.33. The number of aromatic nitrogens is 5. The number of benzene rings is 1. The molecule has 2 unspecified atom stereocenters. The predicted octanol–water partition coefficient (Wildman–Crippen LogP) is 5.03. The van der Waals surface area contributed by atoms with Gasteiger partial charge in [-0.25, -0.2) is 4.98 Å². The number of anilines is 1. The van der Waals surface area contributed by atoms with Crippen LogP contribution < -0.4 is 5.73 Å². The summed E-state index contributed by atoms with van der Waals surface area (Å²) in [5.74, 6) is 0.658. The first-order chi connectivity index (χ1) is 14.5. The summed E-state index contributed by atoms with van der Waals surface area (Å²) < 4.78 is 2.11. The van der Waals surface area contributed by atoms with Gasteiger partial charge in [0.1, 0.15) is 23.4 Å². The number of rotatable bonds is 4. The molecule has 1 fully saturated rings. The van der Waals surface area contributed by atoms with E-state index in [2.05, 4.69) is 30.8 Å². The number of nitrogen functional groups attached to an aromatic ring is 1. The fourth-order valence-electron chi connectivity index (χ4n) is 4.47. The van der Waals surface area contributed by atoms with E-state index in [4.69, 9.17) is 28.9 Å². The van der Waals surface area contributed by atoms with Crippen LogP contribution in [0.2, 0.25) is 10.3 Å². The third-order valence-corrected chi connectivity index (χ3v) is 6.30. The maximum absolute atomic E-state index is 11.2. The Balaban J connectivity index is 1.58. The molecule has 7 nitrogen and oxygen atoms in total. The van der Waals surface area contributed by atoms with E-state index in [1.54, 1.807) is 6.20 Å². The molecule has 0 saturated heterocycles. The molecule has 0 radical (unpaired) electrons. The maximum atomic E-state index is 11.2. The van der Waals surface area contributed by atoms with Crippen molar-refractivity contribution in [1.82, 2.24) is 24.7 Å². The number of nitrogens with zero attached hydrogens (tertiary/aromatic N) is 4. The smallest absolute Gasteiger partial charge is 0.226 e. The van der Waals surface area contributed by atoms with Gasteiger partial charge >= 0.3 is 0 Å². The third kappa shape index (κ3) is 3.14. The van der Waals surface area contributed by atoms with Crippen LogP contribution in [-0.2, 0) is 0 Å². The van der Waals surface area contributed by atoms with E-state index in [1.165, 1.54) is 5.56 Å². The van der Waals surface area contributed by atoms with Gasteiger partial charge in [-0.3, -0.25) is 9.89 Å². The van der Waals surface area contributed by atoms with Gasteiger partial charge in [-0.2, -0.15) is 10.1 Å². The largest absolute Gasteiger partial charge is 0.383 e. The number of nitrogens with two attached hydrogens (primary N) is 1. The first kappa shape index (κ1) is 19.1. The quantitative estimate of drug-likeness (QED) is 0.342. The molecule has 0 bridgehead atoms. The number of fused-ring (bicyclic) bond motifs is 1. The number of carbonyl (C=O) groups is 1. The SMILES string of the molecule is Nc1nc(Cl)nc2c1c(-c1n[nH]cc1Cl)cn2C1CCC(c2cccc(C=O)c2)C1. The van der Waals surface area contributed by atoms with Gasteiger partial charge in [0.15, 0.2) is 0 Å². The molecule has 1 aliphatic rings. The van der Waals surface area contributed by atoms with Gasteiger partial charge in [0.25, 0.3) is 0 Å². The molecule has 0 spiro atoms. The van der Waals surface area contributed by atoms with Gasteiger partial charge in [-0.05, 0) is 48.4 Å². The molecule has 3 heterocycles. The minimum Gasteiger partial charge on any atom is -0.383 e. The number of nitrogens with one attached hydrogen (secondary N) is 1. The Morgan fingerprint density at radius 1 is 1.23 bits per heavy atom. The van der Waals surface area contributed by atoms with Crippen molar-refractivity contribution < 1.29 is 4.79 Å². The van der Waals surface area contributed by atoms with E-state index in [0.717, 1.165) is 31.1 Å². The molecule has 2 atom stereocenters. The summed E-state index contributed by atoms with van der Waals surface area (Å²) >= 11 is 12.4. The van der Waals surface area contributed by atoms with Gasteiger partial charge in [0.05, 0.1) is 10.4 Å². The van der Waals surface area contributed by atoms with Gasteiger partial charge in [-0.15, -0.1) is 0 Å². The van der Waals surface area contributed by atoms with E-state index >= 15 is 0 Å². The normalized spacial score (nSPS) is 18.9. The second-order valence-corrected chi connectivity index (χ2v) is 8.31. The number of carbonyl (C=O) groups excluding carboxylic acids is 1. The number of aromatic amines is 1. The van der Waals surface area contributed by atoms with Gasteiger partial charge in [0.2, 0.25) is 5.28 Å². The summed E-state index contributed by atoms with van der Waals surface area (Å²) in [4.78, 5) is 19.8. The number of halogens is 2. The molecule has 3 N–H and O–H groups in total. The van der Waals surface area contributed by atoms with Crippen LogP contribution in [0.4, 0.5) is 5.82 Å². The van der Waals surface area contributed by atoms with Crippen molar-refractivity contribution in [2.45, 2.75) is 31.2 Å². The van der Waals surface area contributed by atoms with Gasteiger partial charge < -0.3 is 10.3 Å². The number of hydrogen-bond acceptors (Lipinski definition) is 5. The average Bonchev–Trinajstić information content (AvgIpc) is 3.46. The average molecular weight is 441 g/mol. The monoisotopic (exact) mass is 440 g/mol. The van der Waals surface area contributed by atoms with E-state index in [-0.39, 0.29) is 11.3 Å². The highest BCUT2D eigenvalue weighted by Crippen LogP contribution is 2.45. The van der Waals surface area contributed by atoms with Crippen molar-refractivity contribution >= 4 is 46.3 Å². The maximum Gasteiger partial charge on any atom is 0.226 e. The van der Waals surface area contributed by atoms with E-state index in [9.17, 15) is 4.79 Å². The molecular formula is C21H18Cl2N6O. The molecule has 30 heavy (non-hydrogen) atoms. The zero-order chi connectivity index (χ0) is 20.8. The van der Waals surface area contributed by atoms with E-state index < -0.39 is 0 Å². The van der Waals surface area contributed by atoms with Crippen LogP contribution in [0.25, 0.3) is 22.3 Å². The minimum absolute atomic E-state index is 0.104. The Kier molecular flexibility index (Phi) is 4.72. The van der Waals surface area contributed by atoms with Gasteiger partial charge in [-0.1, -0.05) is 29.8 Å². The van der Waals surface area contributed by atoms with Crippen molar-refractivity contribution in [3.05, 3.63) is 58.1 Å². The van der Waals surface area contributed by atoms with Crippen molar-refractivity contribution in [2.75, 3.05) is 5.73 Å². The van der Waals surface area contributed by atoms with E-state index in [1.807, 2.05) is 24.4 Å². The molecule has 1 saturated carbocycles. The first-order valence-corrected chi connectivity index (χ1v) is 10.4. The van der Waals surface area contributed by atoms with Gasteiger partial charge in [0, 0.05) is 29.6 Å². The lowest BCUT2D eigenvalue weighted by Crippen LogP contribution is -2.06. The zero-order valence-corrected chi connectivity index (χ0v) is 17.4. The lowest BCUT2D eigenvalue weighted by atomic mass is 9.96. The lowest BCUT2D eigenvalue weighted by Gasteiger charge is -2.15. The number of H-pyrrole nitrogens is 1. The molecule has 3 aromatic heterocycles. The van der Waals surface area contributed by atoms with Crippen molar-refractivity contribution in [3.63, 3.8) is 0 Å². The fraction of sp³-hybridized carbons (Fsp3) is 0.238. The highest BCUT2D eigenvalue weighted by atomic mass is 35.5. The summed E-state index contributed by atoms with van der Waals surface area (Å²) in [6.07, 6.45) is 7.40. The predicted molar refractivity (Wildman–Crippen MR) is 117 cm³/mol. The van der Waals surface area contributed by atoms with Crippen LogP contribution in [0.15, 0.2) is 36.7 Å². The molecule has 152 valence electrons. The summed E-state index contributed by atoms with van der Waals surface area (Å²) in [5.41, 5.74) is 10.1. The van der Waals surface area contributed by atoms with Crippen LogP contribution >= 0.6 is 23.2 Å². The van der Waals surface area contributed by atoms with Crippen LogP contribution in [0.1, 0.15) is 47.1 Å². The van der Waals surface area contributed by atoms with Crippen LogP contribution in [0, 0.1) is 0 Å². The Morgan fingerprint density at radius 3 is 2.87 bits per heavy atom. The lowest BCUT2D eigenvalue weighted by molar-refractivity contribution is 0.112. The molecule has 0 aliphatic heterocycles. The zero-order valence-electron chi connectivity index (χ0n) is 15.8. The van der Waals surface area contributed by atoms with Crippen LogP contribution in [0.3, 0.4) is 0 Å². The Bertz CT molecular complexity index is 1260. The summed E-state index contributed by atoms with van der Waals surface area (Å²) in [7, 11) is 0. The molecule has 0 amide bonds. The standard InChI is InChI=1S/C21H18Cl2N6O/c22-16-8-25-28-18(16)15-9-29(20-17(15)19(24)26-21(23)27-20)14-5-4-13(7-14)12-3-1-2-11(6-12)10-30/h1-3,6,8-10,13-14H,4-5,7H2,(H,25,28)(H2,24,26,27). The van der Waals surface area contributed by atoms with Crippen LogP contribution in [-0.4, -0.2) is 31.0 Å². The number of aldehydes is 1. The molecule has 1 aliphatic carbocycles. The Morgan fingerprint density at radius 2 is 2.10 bits per heavy atom. The molecule has 1 aromatic carbocycles. The van der Waals surface area contributed by atoms with Crippen molar-refractivity contribution in [1.29, 1.82) is 0 Å². The minimum atomic E-state index is 0.104. The molecule has 4 aromatic rings. The third-order valence-electron chi connectivity index (χ3n) is 5.84. The van der Waals surface area contributed by atoms with Crippen molar-refractivity contribution in [2.24, 2.45) is 0 Å². The summed E-state index contributed by atoms with van der Waals surface area (Å²) in [5, 5.41) is 8.35. The second-order valence-electron chi connectivity index (χ2n) is 7.56. The number of hydrogen-bond donors (Lipinski definition) is 2.